The maximum Gasteiger partial charge on any atom is 0.0571 e. The third-order valence-electron chi connectivity index (χ3n) is 4.40. The molecular weight excluding hydrogens is 184 g/mol. The van der Waals surface area contributed by atoms with Crippen LogP contribution in [0.4, 0.5) is 0 Å². The highest BCUT2D eigenvalue weighted by Gasteiger charge is 2.31. The lowest BCUT2D eigenvalue weighted by Gasteiger charge is -2.31. The summed E-state index contributed by atoms with van der Waals surface area (Å²) in [7, 11) is 0. The predicted octanol–water partition coefficient (Wildman–Crippen LogP) is 3.75. The van der Waals surface area contributed by atoms with Crippen molar-refractivity contribution in [3.05, 3.63) is 0 Å². The van der Waals surface area contributed by atoms with Gasteiger partial charge in [-0.1, -0.05) is 45.4 Å². The summed E-state index contributed by atoms with van der Waals surface area (Å²) in [6, 6.07) is 0. The Hall–Kier alpha value is -0.0400. The molecular formula is C14H26O. The lowest BCUT2D eigenvalue weighted by atomic mass is 9.77. The van der Waals surface area contributed by atoms with Gasteiger partial charge in [-0.25, -0.2) is 0 Å². The summed E-state index contributed by atoms with van der Waals surface area (Å²) in [5.74, 6) is 2.49. The van der Waals surface area contributed by atoms with E-state index in [1.54, 1.807) is 0 Å². The lowest BCUT2D eigenvalue weighted by Crippen LogP contribution is -2.26. The van der Waals surface area contributed by atoms with E-state index in [1.165, 1.54) is 51.4 Å². The molecule has 0 saturated heterocycles. The van der Waals surface area contributed by atoms with Gasteiger partial charge >= 0.3 is 0 Å². The second-order valence-corrected chi connectivity index (χ2v) is 5.82. The monoisotopic (exact) mass is 210 g/mol. The Labute approximate surface area is 94.3 Å². The first-order valence-corrected chi connectivity index (χ1v) is 6.97. The van der Waals surface area contributed by atoms with Gasteiger partial charge in [0, 0.05) is 0 Å². The van der Waals surface area contributed by atoms with E-state index in [4.69, 9.17) is 0 Å². The van der Waals surface area contributed by atoms with Crippen LogP contribution in [0.2, 0.25) is 0 Å². The van der Waals surface area contributed by atoms with Crippen LogP contribution in [0.3, 0.4) is 0 Å². The molecule has 0 aromatic heterocycles. The molecule has 2 rings (SSSR count). The molecule has 1 unspecified atom stereocenters. The third kappa shape index (κ3) is 3.48. The molecule has 2 aliphatic carbocycles. The van der Waals surface area contributed by atoms with Gasteiger partial charge in [0.25, 0.3) is 0 Å². The van der Waals surface area contributed by atoms with Crippen molar-refractivity contribution in [2.45, 2.75) is 70.8 Å². The van der Waals surface area contributed by atoms with Gasteiger partial charge in [0.05, 0.1) is 6.10 Å². The fourth-order valence-electron chi connectivity index (χ4n) is 3.16. The van der Waals surface area contributed by atoms with Crippen molar-refractivity contribution < 1.29 is 5.11 Å². The van der Waals surface area contributed by atoms with Crippen LogP contribution in [0.15, 0.2) is 0 Å². The molecule has 0 aliphatic heterocycles. The van der Waals surface area contributed by atoms with Crippen LogP contribution in [-0.4, -0.2) is 11.2 Å². The van der Waals surface area contributed by atoms with Crippen molar-refractivity contribution >= 4 is 0 Å². The molecule has 0 spiro atoms. The predicted molar refractivity (Wildman–Crippen MR) is 63.7 cm³/mol. The van der Waals surface area contributed by atoms with Crippen LogP contribution in [0, 0.1) is 17.8 Å². The molecule has 15 heavy (non-hydrogen) atoms. The van der Waals surface area contributed by atoms with E-state index in [9.17, 15) is 5.11 Å². The van der Waals surface area contributed by atoms with Crippen LogP contribution < -0.4 is 0 Å². The molecule has 0 aromatic rings. The third-order valence-corrected chi connectivity index (χ3v) is 4.40. The Morgan fingerprint density at radius 2 is 1.60 bits per heavy atom. The van der Waals surface area contributed by atoms with Gasteiger partial charge in [-0.2, -0.15) is 0 Å². The summed E-state index contributed by atoms with van der Waals surface area (Å²) in [5, 5.41) is 10.1. The van der Waals surface area contributed by atoms with Crippen molar-refractivity contribution in [1.29, 1.82) is 0 Å². The van der Waals surface area contributed by atoms with Gasteiger partial charge in [0.2, 0.25) is 0 Å². The molecule has 1 atom stereocenters. The van der Waals surface area contributed by atoms with Gasteiger partial charge in [-0.15, -0.1) is 0 Å². The zero-order valence-electron chi connectivity index (χ0n) is 10.1. The van der Waals surface area contributed by atoms with Crippen molar-refractivity contribution in [2.75, 3.05) is 0 Å². The van der Waals surface area contributed by atoms with E-state index in [2.05, 4.69) is 6.92 Å². The SMILES string of the molecule is CCCC1CCC(C(O)CC2CC2)CC1. The molecule has 0 amide bonds. The normalized spacial score (nSPS) is 34.0. The van der Waals surface area contributed by atoms with Gasteiger partial charge in [0.15, 0.2) is 0 Å². The number of hydrogen-bond acceptors (Lipinski definition) is 1. The van der Waals surface area contributed by atoms with Crippen molar-refractivity contribution in [3.63, 3.8) is 0 Å². The standard InChI is InChI=1S/C14H26O/c1-2-3-11-6-8-13(9-7-11)14(15)10-12-4-5-12/h11-15H,2-10H2,1H3. The minimum Gasteiger partial charge on any atom is -0.393 e. The molecule has 2 fully saturated rings. The maximum atomic E-state index is 10.1. The molecule has 0 bridgehead atoms. The summed E-state index contributed by atoms with van der Waals surface area (Å²) in [4.78, 5) is 0. The zero-order chi connectivity index (χ0) is 10.7. The van der Waals surface area contributed by atoms with E-state index >= 15 is 0 Å². The van der Waals surface area contributed by atoms with Crippen LogP contribution in [0.1, 0.15) is 64.7 Å². The fourth-order valence-corrected chi connectivity index (χ4v) is 3.16. The number of rotatable bonds is 5. The Balaban J connectivity index is 1.67. The number of aliphatic hydroxyl groups excluding tert-OH is 1. The first-order valence-electron chi connectivity index (χ1n) is 6.97. The van der Waals surface area contributed by atoms with Crippen LogP contribution in [-0.2, 0) is 0 Å². The number of aliphatic hydroxyl groups is 1. The molecule has 2 aliphatic rings. The fraction of sp³-hybridized carbons (Fsp3) is 1.00. The average molecular weight is 210 g/mol. The molecule has 2 saturated carbocycles. The van der Waals surface area contributed by atoms with Gasteiger partial charge in [0.1, 0.15) is 0 Å². The summed E-state index contributed by atoms with van der Waals surface area (Å²) < 4.78 is 0. The molecule has 0 radical (unpaired) electrons. The Morgan fingerprint density at radius 1 is 1.00 bits per heavy atom. The summed E-state index contributed by atoms with van der Waals surface area (Å²) in [6.07, 6.45) is 12.0. The van der Waals surface area contributed by atoms with E-state index in [0.29, 0.717) is 5.92 Å². The van der Waals surface area contributed by atoms with E-state index in [-0.39, 0.29) is 6.10 Å². The van der Waals surface area contributed by atoms with Crippen LogP contribution >= 0.6 is 0 Å². The highest BCUT2D eigenvalue weighted by atomic mass is 16.3. The van der Waals surface area contributed by atoms with Gasteiger partial charge in [-0.3, -0.25) is 0 Å². The Morgan fingerprint density at radius 3 is 2.13 bits per heavy atom. The minimum absolute atomic E-state index is 0.0278. The Kier molecular flexibility index (Phi) is 4.07. The van der Waals surface area contributed by atoms with E-state index < -0.39 is 0 Å². The first-order chi connectivity index (χ1) is 7.29. The second-order valence-electron chi connectivity index (χ2n) is 5.82. The topological polar surface area (TPSA) is 20.2 Å². The Bertz CT molecular complexity index is 178. The van der Waals surface area contributed by atoms with Crippen LogP contribution in [0.5, 0.6) is 0 Å². The smallest absolute Gasteiger partial charge is 0.0571 e. The highest BCUT2D eigenvalue weighted by Crippen LogP contribution is 2.39. The van der Waals surface area contributed by atoms with Crippen molar-refractivity contribution in [3.8, 4) is 0 Å². The highest BCUT2D eigenvalue weighted by molar-refractivity contribution is 4.82. The quantitative estimate of drug-likeness (QED) is 0.732. The maximum absolute atomic E-state index is 10.1. The minimum atomic E-state index is 0.0278. The van der Waals surface area contributed by atoms with Gasteiger partial charge in [-0.05, 0) is 37.0 Å². The van der Waals surface area contributed by atoms with Gasteiger partial charge < -0.3 is 5.11 Å². The molecule has 0 aromatic carbocycles. The molecule has 1 nitrogen and oxygen atoms in total. The van der Waals surface area contributed by atoms with Crippen molar-refractivity contribution in [1.82, 2.24) is 0 Å². The molecule has 88 valence electrons. The number of hydrogen-bond donors (Lipinski definition) is 1. The zero-order valence-corrected chi connectivity index (χ0v) is 10.1. The summed E-state index contributed by atoms with van der Waals surface area (Å²) >= 11 is 0. The largest absolute Gasteiger partial charge is 0.393 e. The molecule has 1 N–H and O–H groups in total. The summed E-state index contributed by atoms with van der Waals surface area (Å²) in [6.45, 7) is 2.29. The van der Waals surface area contributed by atoms with E-state index in [1.807, 2.05) is 0 Å². The molecule has 0 heterocycles. The lowest BCUT2D eigenvalue weighted by molar-refractivity contribution is 0.0614. The second kappa shape index (κ2) is 5.34. The van der Waals surface area contributed by atoms with Crippen LogP contribution in [0.25, 0.3) is 0 Å². The van der Waals surface area contributed by atoms with E-state index in [0.717, 1.165) is 18.3 Å². The first kappa shape index (κ1) is 11.4. The average Bonchev–Trinajstić information content (AvgIpc) is 3.03. The van der Waals surface area contributed by atoms with Crippen molar-refractivity contribution in [2.24, 2.45) is 17.8 Å². The molecule has 1 heteroatoms. The summed E-state index contributed by atoms with van der Waals surface area (Å²) in [5.41, 5.74) is 0.